The average molecular weight is 289 g/mol. The summed E-state index contributed by atoms with van der Waals surface area (Å²) in [6.07, 6.45) is 0.117. The summed E-state index contributed by atoms with van der Waals surface area (Å²) < 4.78 is 19.3. The molecule has 0 unspecified atom stereocenters. The quantitative estimate of drug-likeness (QED) is 0.788. The third-order valence-electron chi connectivity index (χ3n) is 3.33. The molecule has 1 aromatic heterocycles. The SMILES string of the molecule is Cc1nc2c(F)cccc2c(CC(=O)OC(C)(C)C)c1C. The van der Waals surface area contributed by atoms with Crippen LogP contribution in [0.2, 0.25) is 0 Å². The van der Waals surface area contributed by atoms with Gasteiger partial charge in [-0.1, -0.05) is 12.1 Å². The van der Waals surface area contributed by atoms with Crippen molar-refractivity contribution in [2.75, 3.05) is 0 Å². The number of halogens is 1. The van der Waals surface area contributed by atoms with Crippen molar-refractivity contribution in [3.05, 3.63) is 40.8 Å². The number of aryl methyl sites for hydroxylation is 1. The van der Waals surface area contributed by atoms with Crippen LogP contribution < -0.4 is 0 Å². The Kier molecular flexibility index (Phi) is 3.99. The van der Waals surface area contributed by atoms with E-state index in [0.29, 0.717) is 10.9 Å². The standard InChI is InChI=1S/C17H20FNO2/c1-10-11(2)19-16-12(7-6-8-14(16)18)13(10)9-15(20)21-17(3,4)5/h6-8H,9H2,1-5H3. The van der Waals surface area contributed by atoms with Gasteiger partial charge in [0.05, 0.1) is 6.42 Å². The van der Waals surface area contributed by atoms with E-state index in [9.17, 15) is 9.18 Å². The third-order valence-corrected chi connectivity index (χ3v) is 3.33. The molecule has 0 atom stereocenters. The average Bonchev–Trinajstić information content (AvgIpc) is 2.34. The molecule has 0 bridgehead atoms. The lowest BCUT2D eigenvalue weighted by atomic mass is 9.99. The van der Waals surface area contributed by atoms with Crippen LogP contribution in [0.4, 0.5) is 4.39 Å². The van der Waals surface area contributed by atoms with E-state index in [0.717, 1.165) is 16.8 Å². The van der Waals surface area contributed by atoms with Gasteiger partial charge in [0.15, 0.2) is 0 Å². The van der Waals surface area contributed by atoms with E-state index in [2.05, 4.69) is 4.98 Å². The second-order valence-corrected chi connectivity index (χ2v) is 6.20. The van der Waals surface area contributed by atoms with Gasteiger partial charge in [-0.3, -0.25) is 4.79 Å². The first-order valence-corrected chi connectivity index (χ1v) is 6.95. The molecule has 0 aliphatic carbocycles. The predicted octanol–water partition coefficient (Wildman–Crippen LogP) is 3.87. The summed E-state index contributed by atoms with van der Waals surface area (Å²) in [5.41, 5.74) is 2.18. The van der Waals surface area contributed by atoms with Crippen LogP contribution in [-0.2, 0) is 16.0 Å². The molecule has 0 aliphatic rings. The lowest BCUT2D eigenvalue weighted by molar-refractivity contribution is -0.153. The summed E-state index contributed by atoms with van der Waals surface area (Å²) in [6, 6.07) is 4.80. The minimum atomic E-state index is -0.534. The molecule has 0 saturated heterocycles. The summed E-state index contributed by atoms with van der Waals surface area (Å²) in [5, 5.41) is 0.670. The maximum absolute atomic E-state index is 13.9. The van der Waals surface area contributed by atoms with Crippen molar-refractivity contribution in [3.63, 3.8) is 0 Å². The monoisotopic (exact) mass is 289 g/mol. The maximum Gasteiger partial charge on any atom is 0.310 e. The van der Waals surface area contributed by atoms with E-state index in [1.807, 2.05) is 34.6 Å². The molecule has 2 rings (SSSR count). The predicted molar refractivity (Wildman–Crippen MR) is 80.7 cm³/mol. The first kappa shape index (κ1) is 15.4. The van der Waals surface area contributed by atoms with Gasteiger partial charge in [0.2, 0.25) is 0 Å². The van der Waals surface area contributed by atoms with Crippen LogP contribution in [0.1, 0.15) is 37.6 Å². The highest BCUT2D eigenvalue weighted by atomic mass is 19.1. The van der Waals surface area contributed by atoms with Gasteiger partial charge in [-0.25, -0.2) is 9.37 Å². The van der Waals surface area contributed by atoms with Gasteiger partial charge in [-0.05, 0) is 51.8 Å². The number of para-hydroxylation sites is 1. The molecule has 0 N–H and O–H groups in total. The Morgan fingerprint density at radius 1 is 1.29 bits per heavy atom. The number of nitrogens with zero attached hydrogens (tertiary/aromatic N) is 1. The Bertz CT molecular complexity index is 702. The molecule has 21 heavy (non-hydrogen) atoms. The summed E-state index contributed by atoms with van der Waals surface area (Å²) in [7, 11) is 0. The molecule has 1 aromatic carbocycles. The van der Waals surface area contributed by atoms with E-state index in [1.54, 1.807) is 12.1 Å². The topological polar surface area (TPSA) is 39.2 Å². The zero-order valence-corrected chi connectivity index (χ0v) is 13.1. The van der Waals surface area contributed by atoms with E-state index in [4.69, 9.17) is 4.74 Å². The molecule has 0 saturated carbocycles. The highest BCUT2D eigenvalue weighted by Crippen LogP contribution is 2.26. The highest BCUT2D eigenvalue weighted by molar-refractivity contribution is 5.88. The van der Waals surface area contributed by atoms with E-state index in [-0.39, 0.29) is 18.2 Å². The second-order valence-electron chi connectivity index (χ2n) is 6.20. The first-order valence-electron chi connectivity index (χ1n) is 6.95. The van der Waals surface area contributed by atoms with Gasteiger partial charge in [0, 0.05) is 11.1 Å². The molecule has 0 aliphatic heterocycles. The third kappa shape index (κ3) is 3.38. The van der Waals surface area contributed by atoms with Crippen molar-refractivity contribution in [1.29, 1.82) is 0 Å². The van der Waals surface area contributed by atoms with E-state index < -0.39 is 5.60 Å². The molecular formula is C17H20FNO2. The Morgan fingerprint density at radius 3 is 2.57 bits per heavy atom. The van der Waals surface area contributed by atoms with Crippen LogP contribution in [0.15, 0.2) is 18.2 Å². The molecular weight excluding hydrogens is 269 g/mol. The number of pyridine rings is 1. The largest absolute Gasteiger partial charge is 0.460 e. The van der Waals surface area contributed by atoms with Crippen molar-refractivity contribution >= 4 is 16.9 Å². The summed E-state index contributed by atoms with van der Waals surface area (Å²) >= 11 is 0. The maximum atomic E-state index is 13.9. The second kappa shape index (κ2) is 5.43. The molecule has 4 heteroatoms. The zero-order chi connectivity index (χ0) is 15.8. The number of carbonyl (C=O) groups excluding carboxylic acids is 1. The Morgan fingerprint density at radius 2 is 1.95 bits per heavy atom. The molecule has 0 radical (unpaired) electrons. The Labute approximate surface area is 124 Å². The first-order chi connectivity index (χ1) is 9.69. The molecule has 112 valence electrons. The molecule has 0 amide bonds. The zero-order valence-electron chi connectivity index (χ0n) is 13.1. The number of hydrogen-bond acceptors (Lipinski definition) is 3. The van der Waals surface area contributed by atoms with Crippen molar-refractivity contribution in [1.82, 2.24) is 4.98 Å². The Balaban J connectivity index is 2.50. The fourth-order valence-corrected chi connectivity index (χ4v) is 2.29. The molecule has 3 nitrogen and oxygen atoms in total. The van der Waals surface area contributed by atoms with Crippen LogP contribution in [0, 0.1) is 19.7 Å². The summed E-state index contributed by atoms with van der Waals surface area (Å²) in [6.45, 7) is 9.19. The van der Waals surface area contributed by atoms with Crippen molar-refractivity contribution in [2.45, 2.75) is 46.6 Å². The van der Waals surface area contributed by atoms with Crippen LogP contribution in [0.25, 0.3) is 10.9 Å². The number of esters is 1. The van der Waals surface area contributed by atoms with Crippen LogP contribution in [-0.4, -0.2) is 16.6 Å². The summed E-state index contributed by atoms with van der Waals surface area (Å²) in [5.74, 6) is -0.692. The number of rotatable bonds is 2. The Hall–Kier alpha value is -1.97. The number of ether oxygens (including phenoxy) is 1. The van der Waals surface area contributed by atoms with E-state index >= 15 is 0 Å². The van der Waals surface area contributed by atoms with Gasteiger partial charge < -0.3 is 4.74 Å². The van der Waals surface area contributed by atoms with Crippen LogP contribution in [0.3, 0.4) is 0 Å². The van der Waals surface area contributed by atoms with Crippen molar-refractivity contribution in [3.8, 4) is 0 Å². The normalized spacial score (nSPS) is 11.7. The number of carbonyl (C=O) groups is 1. The molecule has 2 aromatic rings. The smallest absolute Gasteiger partial charge is 0.310 e. The lowest BCUT2D eigenvalue weighted by Gasteiger charge is -2.20. The van der Waals surface area contributed by atoms with Crippen LogP contribution >= 0.6 is 0 Å². The van der Waals surface area contributed by atoms with Crippen molar-refractivity contribution < 1.29 is 13.9 Å². The van der Waals surface area contributed by atoms with Gasteiger partial charge in [0.1, 0.15) is 16.9 Å². The molecule has 0 spiro atoms. The number of benzene rings is 1. The fourth-order valence-electron chi connectivity index (χ4n) is 2.29. The highest BCUT2D eigenvalue weighted by Gasteiger charge is 2.20. The minimum Gasteiger partial charge on any atom is -0.460 e. The fraction of sp³-hybridized carbons (Fsp3) is 0.412. The van der Waals surface area contributed by atoms with Crippen LogP contribution in [0.5, 0.6) is 0 Å². The summed E-state index contributed by atoms with van der Waals surface area (Å²) in [4.78, 5) is 16.4. The molecule has 1 heterocycles. The van der Waals surface area contributed by atoms with Gasteiger partial charge >= 0.3 is 5.97 Å². The minimum absolute atomic E-state index is 0.117. The number of fused-ring (bicyclic) bond motifs is 1. The van der Waals surface area contributed by atoms with E-state index in [1.165, 1.54) is 6.07 Å². The molecule has 0 fully saturated rings. The number of hydrogen-bond donors (Lipinski definition) is 0. The lowest BCUT2D eigenvalue weighted by Crippen LogP contribution is -2.25. The van der Waals surface area contributed by atoms with Gasteiger partial charge in [-0.2, -0.15) is 0 Å². The van der Waals surface area contributed by atoms with Crippen molar-refractivity contribution in [2.24, 2.45) is 0 Å². The van der Waals surface area contributed by atoms with Gasteiger partial charge in [-0.15, -0.1) is 0 Å². The van der Waals surface area contributed by atoms with Gasteiger partial charge in [0.25, 0.3) is 0 Å². The number of aromatic nitrogens is 1.